The molecule has 0 atom stereocenters. The third-order valence-corrected chi connectivity index (χ3v) is 2.75. The maximum Gasteiger partial charge on any atom is 3.00 e. The molecule has 0 saturated heterocycles. The molecular weight excluding hydrogens is 381 g/mol. The van der Waals surface area contributed by atoms with Crippen LogP contribution in [0.25, 0.3) is 0 Å². The first-order chi connectivity index (χ1) is 12.9. The van der Waals surface area contributed by atoms with E-state index in [1.165, 1.54) is 73.6 Å². The van der Waals surface area contributed by atoms with Crippen LogP contribution in [0.1, 0.15) is 31.1 Å². The van der Waals surface area contributed by atoms with Crippen molar-refractivity contribution in [1.29, 1.82) is 0 Å². The van der Waals surface area contributed by atoms with E-state index in [9.17, 15) is 29.7 Å². The second-order valence-corrected chi connectivity index (χ2v) is 4.57. The summed E-state index contributed by atoms with van der Waals surface area (Å²) in [5.41, 5.74) is 0.472. The first kappa shape index (κ1) is 24.4. The van der Waals surface area contributed by atoms with Crippen LogP contribution in [0.4, 0.5) is 0 Å². The molecule has 0 amide bonds. The molecule has 9 nitrogen and oxygen atoms in total. The molecule has 0 aliphatic rings. The third-order valence-electron chi connectivity index (χ3n) is 2.75. The van der Waals surface area contributed by atoms with Gasteiger partial charge in [-0.25, -0.2) is 0 Å². The summed E-state index contributed by atoms with van der Waals surface area (Å²) in [6.45, 7) is 0. The number of carbonyl (C=O) groups excluding carboxylic acids is 3. The molecule has 10 heteroatoms. The standard InChI is InChI=1S/3C6H5NO2.Al/c3*8-6(9)5-1-3-7-4-2-5;/h3*1-4H,(H,8,9);/q;;;+3/p-3. The molecule has 0 fully saturated rings. The number of carbonyl (C=O) groups is 3. The van der Waals surface area contributed by atoms with Gasteiger partial charge in [-0.05, 0) is 36.4 Å². The van der Waals surface area contributed by atoms with E-state index in [-0.39, 0.29) is 34.1 Å². The molecule has 3 heterocycles. The van der Waals surface area contributed by atoms with Gasteiger partial charge in [0.25, 0.3) is 0 Å². The van der Waals surface area contributed by atoms with Gasteiger partial charge < -0.3 is 29.7 Å². The average molecular weight is 393 g/mol. The van der Waals surface area contributed by atoms with Gasteiger partial charge in [-0.1, -0.05) is 0 Å². The van der Waals surface area contributed by atoms with Crippen molar-refractivity contribution in [2.24, 2.45) is 0 Å². The Bertz CT molecular complexity index is 747. The van der Waals surface area contributed by atoms with Crippen molar-refractivity contribution in [3.8, 4) is 0 Å². The molecule has 0 radical (unpaired) electrons. The van der Waals surface area contributed by atoms with Crippen molar-refractivity contribution in [3.63, 3.8) is 0 Å². The number of hydrogen-bond acceptors (Lipinski definition) is 9. The Hall–Kier alpha value is -3.61. The Morgan fingerprint density at radius 1 is 0.500 bits per heavy atom. The summed E-state index contributed by atoms with van der Waals surface area (Å²) in [4.78, 5) is 41.1. The number of pyridine rings is 3. The van der Waals surface area contributed by atoms with Crippen LogP contribution < -0.4 is 15.3 Å². The third kappa shape index (κ3) is 9.77. The molecular formula is C18H12AlN3O6. The van der Waals surface area contributed by atoms with Gasteiger partial charge >= 0.3 is 17.4 Å². The summed E-state index contributed by atoms with van der Waals surface area (Å²) in [6.07, 6.45) is 8.45. The summed E-state index contributed by atoms with van der Waals surface area (Å²) >= 11 is 0. The topological polar surface area (TPSA) is 159 Å². The number of hydrogen-bond donors (Lipinski definition) is 0. The fourth-order valence-electron chi connectivity index (χ4n) is 1.46. The van der Waals surface area contributed by atoms with Crippen LogP contribution in [0.3, 0.4) is 0 Å². The predicted octanol–water partition coefficient (Wildman–Crippen LogP) is -2.05. The molecule has 0 aromatic carbocycles. The normalized spacial score (nSPS) is 8.57. The monoisotopic (exact) mass is 393 g/mol. The van der Waals surface area contributed by atoms with Gasteiger partial charge in [0.15, 0.2) is 0 Å². The summed E-state index contributed by atoms with van der Waals surface area (Å²) in [5.74, 6) is -3.51. The quantitative estimate of drug-likeness (QED) is 0.457. The summed E-state index contributed by atoms with van der Waals surface area (Å²) in [5, 5.41) is 30.2. The maximum absolute atomic E-state index is 10.1. The van der Waals surface area contributed by atoms with E-state index < -0.39 is 17.9 Å². The number of aromatic carboxylic acids is 3. The first-order valence-electron chi connectivity index (χ1n) is 7.26. The van der Waals surface area contributed by atoms with Gasteiger partial charge in [0, 0.05) is 53.9 Å². The molecule has 3 rings (SSSR count). The van der Waals surface area contributed by atoms with Gasteiger partial charge in [-0.2, -0.15) is 0 Å². The number of carboxylic acids is 3. The molecule has 0 bridgehead atoms. The zero-order chi connectivity index (χ0) is 20.1. The van der Waals surface area contributed by atoms with Crippen LogP contribution >= 0.6 is 0 Å². The molecule has 0 spiro atoms. The Morgan fingerprint density at radius 3 is 0.786 bits per heavy atom. The van der Waals surface area contributed by atoms with E-state index >= 15 is 0 Å². The molecule has 3 aromatic rings. The molecule has 0 unspecified atom stereocenters. The number of carboxylic acid groups (broad SMARTS) is 3. The van der Waals surface area contributed by atoms with Crippen molar-refractivity contribution >= 4 is 35.3 Å². The fraction of sp³-hybridized carbons (Fsp3) is 0. The SMILES string of the molecule is O=C([O-])c1ccncc1.O=C([O-])c1ccncc1.O=C([O-])c1ccncc1.[Al+3]. The van der Waals surface area contributed by atoms with Gasteiger partial charge in [0.2, 0.25) is 0 Å². The molecule has 0 N–H and O–H groups in total. The molecule has 138 valence electrons. The molecule has 3 aromatic heterocycles. The molecule has 28 heavy (non-hydrogen) atoms. The molecule has 0 aliphatic heterocycles. The zero-order valence-corrected chi connectivity index (χ0v) is 15.5. The molecule has 0 aliphatic carbocycles. The van der Waals surface area contributed by atoms with Crippen LogP contribution in [0.2, 0.25) is 0 Å². The predicted molar refractivity (Wildman–Crippen MR) is 91.5 cm³/mol. The van der Waals surface area contributed by atoms with E-state index in [2.05, 4.69) is 15.0 Å². The Morgan fingerprint density at radius 2 is 0.679 bits per heavy atom. The van der Waals surface area contributed by atoms with Crippen LogP contribution in [0.5, 0.6) is 0 Å². The summed E-state index contributed by atoms with van der Waals surface area (Å²) in [6, 6.07) is 8.31. The van der Waals surface area contributed by atoms with Crippen molar-refractivity contribution in [2.45, 2.75) is 0 Å². The largest absolute Gasteiger partial charge is 3.00 e. The van der Waals surface area contributed by atoms with Gasteiger partial charge in [0.05, 0.1) is 17.9 Å². The minimum absolute atomic E-state index is 0. The Kier molecular flexibility index (Phi) is 11.8. The van der Waals surface area contributed by atoms with Crippen LogP contribution in [-0.4, -0.2) is 50.2 Å². The molecule has 0 saturated carbocycles. The van der Waals surface area contributed by atoms with E-state index in [4.69, 9.17) is 0 Å². The van der Waals surface area contributed by atoms with E-state index in [1.54, 1.807) is 0 Å². The fourth-order valence-corrected chi connectivity index (χ4v) is 1.46. The van der Waals surface area contributed by atoms with Crippen LogP contribution in [0, 0.1) is 0 Å². The Labute approximate surface area is 170 Å². The van der Waals surface area contributed by atoms with Crippen molar-refractivity contribution in [2.75, 3.05) is 0 Å². The van der Waals surface area contributed by atoms with E-state index in [0.717, 1.165) is 0 Å². The number of aromatic nitrogens is 3. The van der Waals surface area contributed by atoms with Gasteiger partial charge in [-0.15, -0.1) is 0 Å². The van der Waals surface area contributed by atoms with E-state index in [1.807, 2.05) is 0 Å². The van der Waals surface area contributed by atoms with Crippen LogP contribution in [-0.2, 0) is 0 Å². The van der Waals surface area contributed by atoms with Crippen molar-refractivity contribution in [3.05, 3.63) is 90.3 Å². The average Bonchev–Trinajstić information content (AvgIpc) is 2.71. The number of rotatable bonds is 3. The second-order valence-electron chi connectivity index (χ2n) is 4.57. The number of nitrogens with zero attached hydrogens (tertiary/aromatic N) is 3. The van der Waals surface area contributed by atoms with Crippen LogP contribution in [0.15, 0.2) is 73.6 Å². The maximum atomic E-state index is 10.1. The zero-order valence-electron chi connectivity index (χ0n) is 14.3. The summed E-state index contributed by atoms with van der Waals surface area (Å²) in [7, 11) is 0. The van der Waals surface area contributed by atoms with Crippen molar-refractivity contribution in [1.82, 2.24) is 15.0 Å². The Balaban J connectivity index is 0.000000384. The van der Waals surface area contributed by atoms with Gasteiger partial charge in [-0.3, -0.25) is 15.0 Å². The van der Waals surface area contributed by atoms with Crippen molar-refractivity contribution < 1.29 is 29.7 Å². The minimum atomic E-state index is -1.17. The second kappa shape index (κ2) is 13.6. The summed E-state index contributed by atoms with van der Waals surface area (Å²) < 4.78 is 0. The smallest absolute Gasteiger partial charge is 0.545 e. The van der Waals surface area contributed by atoms with E-state index in [0.29, 0.717) is 0 Å². The van der Waals surface area contributed by atoms with Gasteiger partial charge in [0.1, 0.15) is 0 Å². The first-order valence-corrected chi connectivity index (χ1v) is 7.26. The minimum Gasteiger partial charge on any atom is -0.545 e.